The van der Waals surface area contributed by atoms with Crippen molar-refractivity contribution in [2.75, 3.05) is 0 Å². The van der Waals surface area contributed by atoms with E-state index in [9.17, 15) is 23.1 Å². The van der Waals surface area contributed by atoms with Gasteiger partial charge in [-0.05, 0) is 0 Å². The fourth-order valence-electron chi connectivity index (χ4n) is 1.99. The van der Waals surface area contributed by atoms with Gasteiger partial charge in [0.25, 0.3) is 5.56 Å². The molecule has 0 amide bonds. The first kappa shape index (κ1) is 13.5. The number of fused-ring (bicyclic) bond motifs is 1. The number of hydrogen-bond acceptors (Lipinski definition) is 3. The van der Waals surface area contributed by atoms with E-state index in [2.05, 4.69) is 10.1 Å². The van der Waals surface area contributed by atoms with Crippen LogP contribution in [0.25, 0.3) is 16.8 Å². The molecule has 0 fully saturated rings. The minimum atomic E-state index is -1.33. The Bertz CT molecular complexity index is 912. The van der Waals surface area contributed by atoms with Crippen LogP contribution in [0.1, 0.15) is 0 Å². The topological polar surface area (TPSA) is 70.4 Å². The molecule has 3 aromatic rings. The molecule has 0 unspecified atom stereocenters. The first-order valence-corrected chi connectivity index (χ1v) is 5.91. The second kappa shape index (κ2) is 4.52. The Morgan fingerprint density at radius 1 is 1.19 bits per heavy atom. The summed E-state index contributed by atoms with van der Waals surface area (Å²) in [5, 5.41) is 13.7. The maximum atomic E-state index is 13.8. The highest BCUT2D eigenvalue weighted by Gasteiger charge is 2.23. The molecule has 1 aromatic carbocycles. The zero-order valence-corrected chi connectivity index (χ0v) is 10.7. The number of aromatic nitrogens is 3. The number of H-pyrrole nitrogens is 1. The zero-order chi connectivity index (χ0) is 15.3. The highest BCUT2D eigenvalue weighted by atomic mass is 35.5. The monoisotopic (exact) mass is 315 g/mol. The molecule has 0 bridgehead atoms. The lowest BCUT2D eigenvalue weighted by Gasteiger charge is -2.08. The van der Waals surface area contributed by atoms with Crippen LogP contribution < -0.4 is 5.56 Å². The number of nitrogens with one attached hydrogen (secondary N) is 1. The number of aromatic hydroxyl groups is 1. The lowest BCUT2D eigenvalue weighted by Crippen LogP contribution is -2.14. The van der Waals surface area contributed by atoms with Gasteiger partial charge in [-0.1, -0.05) is 11.6 Å². The molecule has 108 valence electrons. The summed E-state index contributed by atoms with van der Waals surface area (Å²) in [6.07, 6.45) is 1.13. The Kier molecular flexibility index (Phi) is 2.91. The zero-order valence-electron chi connectivity index (χ0n) is 9.99. The van der Waals surface area contributed by atoms with Gasteiger partial charge in [-0.15, -0.1) is 0 Å². The molecule has 9 heteroatoms. The van der Waals surface area contributed by atoms with Gasteiger partial charge in [0.15, 0.2) is 5.65 Å². The normalized spacial score (nSPS) is 11.2. The Balaban J connectivity index is 2.44. The molecule has 0 radical (unpaired) electrons. The Morgan fingerprint density at radius 2 is 1.81 bits per heavy atom. The molecule has 5 nitrogen and oxygen atoms in total. The highest BCUT2D eigenvalue weighted by Crippen LogP contribution is 2.31. The largest absolute Gasteiger partial charge is 0.493 e. The summed E-state index contributed by atoms with van der Waals surface area (Å²) in [6.45, 7) is 0. The Hall–Kier alpha value is -2.48. The summed E-state index contributed by atoms with van der Waals surface area (Å²) in [7, 11) is 0. The van der Waals surface area contributed by atoms with E-state index in [1.54, 1.807) is 0 Å². The first-order valence-electron chi connectivity index (χ1n) is 5.53. The number of halogens is 4. The van der Waals surface area contributed by atoms with Crippen molar-refractivity contribution in [3.63, 3.8) is 0 Å². The van der Waals surface area contributed by atoms with E-state index < -0.39 is 40.0 Å². The quantitative estimate of drug-likeness (QED) is 0.724. The van der Waals surface area contributed by atoms with Crippen molar-refractivity contribution in [2.45, 2.75) is 0 Å². The van der Waals surface area contributed by atoms with Crippen LogP contribution in [0.4, 0.5) is 13.2 Å². The van der Waals surface area contributed by atoms with Crippen LogP contribution >= 0.6 is 11.6 Å². The molecule has 2 aromatic heterocycles. The fraction of sp³-hybridized carbons (Fsp3) is 0. The molecule has 2 N–H and O–H groups in total. The van der Waals surface area contributed by atoms with E-state index in [-0.39, 0.29) is 10.7 Å². The van der Waals surface area contributed by atoms with Gasteiger partial charge in [0.1, 0.15) is 28.0 Å². The molecule has 0 atom stereocenters. The average molecular weight is 316 g/mol. The van der Waals surface area contributed by atoms with Gasteiger partial charge >= 0.3 is 0 Å². The minimum Gasteiger partial charge on any atom is -0.493 e. The smallest absolute Gasteiger partial charge is 0.263 e. The first-order chi connectivity index (χ1) is 9.90. The average Bonchev–Trinajstić information content (AvgIpc) is 2.74. The molecule has 0 aliphatic heterocycles. The van der Waals surface area contributed by atoms with Crippen molar-refractivity contribution >= 4 is 17.2 Å². The van der Waals surface area contributed by atoms with Crippen molar-refractivity contribution in [1.29, 1.82) is 0 Å². The van der Waals surface area contributed by atoms with Crippen molar-refractivity contribution in [3.8, 4) is 17.0 Å². The van der Waals surface area contributed by atoms with E-state index in [0.29, 0.717) is 12.1 Å². The number of aromatic amines is 1. The third-order valence-electron chi connectivity index (χ3n) is 2.86. The van der Waals surface area contributed by atoms with Crippen LogP contribution in [-0.4, -0.2) is 19.7 Å². The SMILES string of the molecule is O=c1[nH]c2c(Cl)cnn2c(O)c1-c1c(F)cc(F)cc1F. The molecule has 0 spiro atoms. The molecule has 0 saturated carbocycles. The van der Waals surface area contributed by atoms with E-state index in [0.717, 1.165) is 10.7 Å². The van der Waals surface area contributed by atoms with Gasteiger partial charge in [-0.3, -0.25) is 4.79 Å². The van der Waals surface area contributed by atoms with Crippen molar-refractivity contribution < 1.29 is 18.3 Å². The maximum absolute atomic E-state index is 13.8. The van der Waals surface area contributed by atoms with Gasteiger partial charge in [0, 0.05) is 12.1 Å². The number of nitrogens with zero attached hydrogens (tertiary/aromatic N) is 2. The third kappa shape index (κ3) is 1.95. The second-order valence-electron chi connectivity index (χ2n) is 4.15. The summed E-state index contributed by atoms with van der Waals surface area (Å²) in [5.74, 6) is -4.62. The standard InChI is InChI=1S/C12H5ClF3N3O2/c13-5-3-17-19-10(5)18-11(20)9(12(19)21)8-6(15)1-4(14)2-7(8)16/h1-3,21H,(H,18,20). The summed E-state index contributed by atoms with van der Waals surface area (Å²) in [4.78, 5) is 14.2. The molecule has 2 heterocycles. The van der Waals surface area contributed by atoms with E-state index in [1.807, 2.05) is 0 Å². The van der Waals surface area contributed by atoms with Gasteiger partial charge < -0.3 is 10.1 Å². The van der Waals surface area contributed by atoms with E-state index in [4.69, 9.17) is 11.6 Å². The van der Waals surface area contributed by atoms with Gasteiger partial charge in [-0.25, -0.2) is 13.2 Å². The van der Waals surface area contributed by atoms with Crippen molar-refractivity contribution in [3.05, 3.63) is 51.2 Å². The Morgan fingerprint density at radius 3 is 2.43 bits per heavy atom. The van der Waals surface area contributed by atoms with Crippen LogP contribution in [0.3, 0.4) is 0 Å². The van der Waals surface area contributed by atoms with Crippen molar-refractivity contribution in [1.82, 2.24) is 14.6 Å². The van der Waals surface area contributed by atoms with Gasteiger partial charge in [0.2, 0.25) is 5.88 Å². The van der Waals surface area contributed by atoms with Gasteiger partial charge in [0.05, 0.1) is 11.8 Å². The molecule has 0 saturated heterocycles. The van der Waals surface area contributed by atoms with Crippen LogP contribution in [0, 0.1) is 17.5 Å². The molecular formula is C12H5ClF3N3O2. The lowest BCUT2D eigenvalue weighted by molar-refractivity contribution is 0.435. The predicted molar refractivity (Wildman–Crippen MR) is 67.8 cm³/mol. The molecular weight excluding hydrogens is 311 g/mol. The van der Waals surface area contributed by atoms with Crippen molar-refractivity contribution in [2.24, 2.45) is 0 Å². The van der Waals surface area contributed by atoms with E-state index in [1.165, 1.54) is 0 Å². The molecule has 21 heavy (non-hydrogen) atoms. The lowest BCUT2D eigenvalue weighted by atomic mass is 10.1. The maximum Gasteiger partial charge on any atom is 0.263 e. The summed E-state index contributed by atoms with van der Waals surface area (Å²) < 4.78 is 41.3. The summed E-state index contributed by atoms with van der Waals surface area (Å²) in [5.41, 5.74) is -2.60. The third-order valence-corrected chi connectivity index (χ3v) is 3.14. The predicted octanol–water partition coefficient (Wildman–Crippen LogP) is 2.47. The van der Waals surface area contributed by atoms with E-state index >= 15 is 0 Å². The number of benzene rings is 1. The van der Waals surface area contributed by atoms with Crippen LogP contribution in [0.15, 0.2) is 23.1 Å². The van der Waals surface area contributed by atoms with Crippen LogP contribution in [-0.2, 0) is 0 Å². The van der Waals surface area contributed by atoms with Crippen LogP contribution in [0.2, 0.25) is 5.02 Å². The summed E-state index contributed by atoms with van der Waals surface area (Å²) in [6, 6.07) is 0.801. The highest BCUT2D eigenvalue weighted by molar-refractivity contribution is 6.33. The van der Waals surface area contributed by atoms with Gasteiger partial charge in [-0.2, -0.15) is 9.61 Å². The number of hydrogen-bond donors (Lipinski definition) is 2. The molecule has 3 rings (SSSR count). The summed E-state index contributed by atoms with van der Waals surface area (Å²) >= 11 is 5.74. The number of rotatable bonds is 1. The van der Waals surface area contributed by atoms with Crippen LogP contribution in [0.5, 0.6) is 5.88 Å². The molecule has 0 aliphatic carbocycles. The minimum absolute atomic E-state index is 0.0361. The second-order valence-corrected chi connectivity index (χ2v) is 4.56. The molecule has 0 aliphatic rings. The fourth-order valence-corrected chi connectivity index (χ4v) is 2.16. The Labute approximate surface area is 119 Å².